The van der Waals surface area contributed by atoms with Crippen LogP contribution in [-0.4, -0.2) is 11.0 Å². The maximum absolute atomic E-state index is 11.8. The summed E-state index contributed by atoms with van der Waals surface area (Å²) in [6.07, 6.45) is 5.03. The number of hydrogen-bond acceptors (Lipinski definition) is 5. The van der Waals surface area contributed by atoms with Crippen molar-refractivity contribution in [2.45, 2.75) is 25.3 Å². The largest absolute Gasteiger partial charge is 0.377 e. The molecule has 0 aliphatic heterocycles. The van der Waals surface area contributed by atoms with Crippen LogP contribution in [0.5, 0.6) is 0 Å². The molecule has 4 rings (SSSR count). The van der Waals surface area contributed by atoms with Crippen LogP contribution in [0.4, 0.5) is 17.1 Å². The molecule has 0 amide bonds. The molecule has 0 bridgehead atoms. The second-order valence-electron chi connectivity index (χ2n) is 5.72. The van der Waals surface area contributed by atoms with Crippen LogP contribution in [0.3, 0.4) is 0 Å². The SMILES string of the molecule is O=c1c(Nc2ccc3ncccc3c2)c(NC2CCC2)c1=O. The van der Waals surface area contributed by atoms with Gasteiger partial charge in [0.25, 0.3) is 10.9 Å². The van der Waals surface area contributed by atoms with Crippen LogP contribution >= 0.6 is 0 Å². The molecule has 1 fully saturated rings. The molecule has 5 nitrogen and oxygen atoms in total. The van der Waals surface area contributed by atoms with Gasteiger partial charge in [-0.1, -0.05) is 6.07 Å². The van der Waals surface area contributed by atoms with Crippen LogP contribution in [0.1, 0.15) is 19.3 Å². The van der Waals surface area contributed by atoms with Crippen LogP contribution in [0, 0.1) is 0 Å². The Hall–Kier alpha value is -2.69. The lowest BCUT2D eigenvalue weighted by Gasteiger charge is -2.28. The van der Waals surface area contributed by atoms with E-state index in [-0.39, 0.29) is 0 Å². The van der Waals surface area contributed by atoms with Crippen LogP contribution < -0.4 is 21.5 Å². The first kappa shape index (κ1) is 13.0. The third-order valence-corrected chi connectivity index (χ3v) is 4.24. The van der Waals surface area contributed by atoms with Crippen molar-refractivity contribution in [3.8, 4) is 0 Å². The van der Waals surface area contributed by atoms with Crippen molar-refractivity contribution in [1.82, 2.24) is 4.98 Å². The lowest BCUT2D eigenvalue weighted by molar-refractivity contribution is 0.445. The van der Waals surface area contributed by atoms with Gasteiger partial charge in [-0.05, 0) is 43.5 Å². The van der Waals surface area contributed by atoms with Crippen molar-refractivity contribution in [1.29, 1.82) is 0 Å². The van der Waals surface area contributed by atoms with E-state index < -0.39 is 10.9 Å². The zero-order valence-electron chi connectivity index (χ0n) is 11.9. The van der Waals surface area contributed by atoms with E-state index in [9.17, 15) is 9.59 Å². The normalized spacial score (nSPS) is 14.9. The Balaban J connectivity index is 1.63. The standard InChI is InChI=1S/C17H15N3O2/c21-16-14(19-11-4-1-5-11)15(17(16)22)20-12-6-7-13-10(9-12)3-2-8-18-13/h2-3,6-9,11,19-20H,1,4-5H2. The lowest BCUT2D eigenvalue weighted by atomic mass is 9.92. The molecule has 0 spiro atoms. The Bertz CT molecular complexity index is 921. The van der Waals surface area contributed by atoms with Gasteiger partial charge in [-0.2, -0.15) is 0 Å². The summed E-state index contributed by atoms with van der Waals surface area (Å²) in [6.45, 7) is 0. The maximum Gasteiger partial charge on any atom is 0.253 e. The molecule has 1 aromatic heterocycles. The fourth-order valence-electron chi connectivity index (χ4n) is 2.70. The van der Waals surface area contributed by atoms with Crippen molar-refractivity contribution in [3.63, 3.8) is 0 Å². The van der Waals surface area contributed by atoms with Gasteiger partial charge in [-0.3, -0.25) is 14.6 Å². The summed E-state index contributed by atoms with van der Waals surface area (Å²) in [5.41, 5.74) is 1.61. The molecule has 5 heteroatoms. The second-order valence-corrected chi connectivity index (χ2v) is 5.72. The first-order valence-electron chi connectivity index (χ1n) is 7.44. The van der Waals surface area contributed by atoms with Crippen molar-refractivity contribution >= 4 is 28.0 Å². The highest BCUT2D eigenvalue weighted by molar-refractivity contribution is 5.85. The van der Waals surface area contributed by atoms with E-state index in [1.165, 1.54) is 6.42 Å². The summed E-state index contributed by atoms with van der Waals surface area (Å²) in [4.78, 5) is 27.8. The maximum atomic E-state index is 11.8. The molecule has 1 aliphatic rings. The predicted octanol–water partition coefficient (Wildman–Crippen LogP) is 2.54. The lowest BCUT2D eigenvalue weighted by Crippen LogP contribution is -2.40. The quantitative estimate of drug-likeness (QED) is 0.723. The van der Waals surface area contributed by atoms with E-state index >= 15 is 0 Å². The Morgan fingerprint density at radius 2 is 1.86 bits per heavy atom. The van der Waals surface area contributed by atoms with Crippen molar-refractivity contribution in [2.75, 3.05) is 10.6 Å². The smallest absolute Gasteiger partial charge is 0.253 e. The highest BCUT2D eigenvalue weighted by Gasteiger charge is 2.26. The van der Waals surface area contributed by atoms with Crippen LogP contribution in [-0.2, 0) is 0 Å². The molecule has 0 saturated heterocycles. The molecule has 0 atom stereocenters. The summed E-state index contributed by atoms with van der Waals surface area (Å²) in [5, 5.41) is 7.23. The van der Waals surface area contributed by atoms with Gasteiger partial charge in [-0.25, -0.2) is 0 Å². The zero-order chi connectivity index (χ0) is 15.1. The van der Waals surface area contributed by atoms with Crippen LogP contribution in [0.2, 0.25) is 0 Å². The average Bonchev–Trinajstić information content (AvgIpc) is 2.51. The number of anilines is 3. The third kappa shape index (κ3) is 2.06. The van der Waals surface area contributed by atoms with Gasteiger partial charge in [0.05, 0.1) is 5.52 Å². The number of benzene rings is 1. The van der Waals surface area contributed by atoms with Crippen molar-refractivity contribution < 1.29 is 0 Å². The topological polar surface area (TPSA) is 71.1 Å². The zero-order valence-corrected chi connectivity index (χ0v) is 11.9. The minimum absolute atomic E-state index is 0.324. The van der Waals surface area contributed by atoms with Gasteiger partial charge in [0.2, 0.25) is 0 Å². The molecule has 1 heterocycles. The van der Waals surface area contributed by atoms with Gasteiger partial charge >= 0.3 is 0 Å². The van der Waals surface area contributed by atoms with Crippen molar-refractivity contribution in [3.05, 3.63) is 57.0 Å². The average molecular weight is 293 g/mol. The van der Waals surface area contributed by atoms with Gasteiger partial charge in [-0.15, -0.1) is 0 Å². The number of fused-ring (bicyclic) bond motifs is 1. The minimum atomic E-state index is -0.451. The molecule has 0 radical (unpaired) electrons. The molecular weight excluding hydrogens is 278 g/mol. The Kier molecular flexibility index (Phi) is 2.92. The minimum Gasteiger partial charge on any atom is -0.377 e. The van der Waals surface area contributed by atoms with Gasteiger partial charge in [0.15, 0.2) is 0 Å². The molecule has 1 saturated carbocycles. The van der Waals surface area contributed by atoms with E-state index in [2.05, 4.69) is 15.6 Å². The molecular formula is C17H15N3O2. The molecule has 2 N–H and O–H groups in total. The van der Waals surface area contributed by atoms with Gasteiger partial charge in [0, 0.05) is 23.3 Å². The molecule has 0 unspecified atom stereocenters. The number of nitrogens with one attached hydrogen (secondary N) is 2. The second kappa shape index (κ2) is 4.94. The fraction of sp³-hybridized carbons (Fsp3) is 0.235. The van der Waals surface area contributed by atoms with E-state index in [1.807, 2.05) is 30.3 Å². The van der Waals surface area contributed by atoms with E-state index in [1.54, 1.807) is 6.20 Å². The molecule has 1 aliphatic carbocycles. The summed E-state index contributed by atoms with van der Waals surface area (Å²) >= 11 is 0. The van der Waals surface area contributed by atoms with Gasteiger partial charge in [0.1, 0.15) is 11.4 Å². The molecule has 2 aromatic carbocycles. The molecule has 22 heavy (non-hydrogen) atoms. The van der Waals surface area contributed by atoms with Gasteiger partial charge < -0.3 is 10.6 Å². The summed E-state index contributed by atoms with van der Waals surface area (Å²) < 4.78 is 0. The van der Waals surface area contributed by atoms with Crippen molar-refractivity contribution in [2.24, 2.45) is 0 Å². The van der Waals surface area contributed by atoms with E-state index in [4.69, 9.17) is 0 Å². The third-order valence-electron chi connectivity index (χ3n) is 4.24. The Labute approximate surface area is 126 Å². The first-order valence-corrected chi connectivity index (χ1v) is 7.44. The number of aromatic nitrogens is 1. The summed E-state index contributed by atoms with van der Waals surface area (Å²) in [5.74, 6) is 0. The fourth-order valence-corrected chi connectivity index (χ4v) is 2.70. The highest BCUT2D eigenvalue weighted by Crippen LogP contribution is 2.27. The van der Waals surface area contributed by atoms with E-state index in [0.717, 1.165) is 29.4 Å². The molecule has 110 valence electrons. The van der Waals surface area contributed by atoms with Crippen LogP contribution in [0.15, 0.2) is 46.1 Å². The number of rotatable bonds is 4. The predicted molar refractivity (Wildman–Crippen MR) is 87.6 cm³/mol. The monoisotopic (exact) mass is 293 g/mol. The number of nitrogens with zero attached hydrogens (tertiary/aromatic N) is 1. The van der Waals surface area contributed by atoms with Crippen LogP contribution in [0.25, 0.3) is 10.9 Å². The summed E-state index contributed by atoms with van der Waals surface area (Å²) in [7, 11) is 0. The van der Waals surface area contributed by atoms with E-state index in [0.29, 0.717) is 17.4 Å². The summed E-state index contributed by atoms with van der Waals surface area (Å²) in [6, 6.07) is 9.83. The Morgan fingerprint density at radius 3 is 2.64 bits per heavy atom. The number of pyridine rings is 1. The number of hydrogen-bond donors (Lipinski definition) is 2. The first-order chi connectivity index (χ1) is 10.7. The Morgan fingerprint density at radius 1 is 1.05 bits per heavy atom. The molecule has 3 aromatic rings. The highest BCUT2D eigenvalue weighted by atomic mass is 16.2.